The summed E-state index contributed by atoms with van der Waals surface area (Å²) in [5, 5.41) is 3.02. The molecule has 0 aliphatic carbocycles. The number of nitrogens with zero attached hydrogens (tertiary/aromatic N) is 2. The normalized spacial score (nSPS) is 15.9. The van der Waals surface area contributed by atoms with Crippen molar-refractivity contribution < 1.29 is 9.59 Å². The molecule has 124 valence electrons. The maximum Gasteiger partial charge on any atom is 0.251 e. The smallest absolute Gasteiger partial charge is 0.251 e. The van der Waals surface area contributed by atoms with Crippen molar-refractivity contribution in [2.75, 3.05) is 11.9 Å². The first-order valence-corrected chi connectivity index (χ1v) is 8.30. The minimum atomic E-state index is -0.671. The van der Waals surface area contributed by atoms with Crippen molar-refractivity contribution in [1.29, 1.82) is 0 Å². The van der Waals surface area contributed by atoms with E-state index in [2.05, 4.69) is 10.3 Å². The zero-order valence-electron chi connectivity index (χ0n) is 13.1. The van der Waals surface area contributed by atoms with Gasteiger partial charge in [-0.1, -0.05) is 41.9 Å². The fourth-order valence-corrected chi connectivity index (χ4v) is 3.05. The molecule has 1 aliphatic rings. The number of rotatable bonds is 4. The summed E-state index contributed by atoms with van der Waals surface area (Å²) < 4.78 is 0. The zero-order valence-corrected chi connectivity index (χ0v) is 13.9. The van der Waals surface area contributed by atoms with Crippen LogP contribution in [0.5, 0.6) is 0 Å². The van der Waals surface area contributed by atoms with Crippen LogP contribution in [-0.2, 0) is 9.59 Å². The maximum atomic E-state index is 12.9. The van der Waals surface area contributed by atoms with Gasteiger partial charge in [0, 0.05) is 19.2 Å². The second kappa shape index (κ2) is 7.45. The van der Waals surface area contributed by atoms with E-state index in [0.717, 1.165) is 18.4 Å². The number of pyridine rings is 1. The van der Waals surface area contributed by atoms with Crippen molar-refractivity contribution in [3.8, 4) is 0 Å². The molecule has 1 aromatic carbocycles. The van der Waals surface area contributed by atoms with Crippen LogP contribution in [0, 0.1) is 0 Å². The fraction of sp³-hybridized carbons (Fsp3) is 0.278. The van der Waals surface area contributed by atoms with Crippen LogP contribution in [-0.4, -0.2) is 28.2 Å². The average Bonchev–Trinajstić information content (AvgIpc) is 2.60. The van der Waals surface area contributed by atoms with Gasteiger partial charge in [-0.15, -0.1) is 0 Å². The molecule has 6 heteroatoms. The van der Waals surface area contributed by atoms with Crippen LogP contribution in [0.4, 0.5) is 5.69 Å². The molecular weight excluding hydrogens is 326 g/mol. The Kier molecular flexibility index (Phi) is 5.11. The standard InChI is InChI=1S/C18H18ClN3O2/c19-17-14(9-6-11-20-17)21-18(24)16(13-7-2-1-3-8-13)22-12-5-4-10-15(22)23/h1-3,6-9,11,16H,4-5,10,12H2,(H,21,24)/t16-/m1/s1. The lowest BCUT2D eigenvalue weighted by atomic mass is 10.0. The van der Waals surface area contributed by atoms with Crippen molar-refractivity contribution in [3.63, 3.8) is 0 Å². The van der Waals surface area contributed by atoms with Crippen LogP contribution in [0.2, 0.25) is 5.15 Å². The number of halogens is 1. The van der Waals surface area contributed by atoms with Crippen LogP contribution < -0.4 is 5.32 Å². The lowest BCUT2D eigenvalue weighted by molar-refractivity contribution is -0.141. The van der Waals surface area contributed by atoms with E-state index in [9.17, 15) is 9.59 Å². The lowest BCUT2D eigenvalue weighted by Crippen LogP contribution is -2.43. The predicted molar refractivity (Wildman–Crippen MR) is 92.6 cm³/mol. The Morgan fingerprint density at radius 1 is 1.17 bits per heavy atom. The third-order valence-electron chi connectivity index (χ3n) is 4.05. The molecule has 5 nitrogen and oxygen atoms in total. The van der Waals surface area contributed by atoms with Crippen molar-refractivity contribution in [3.05, 3.63) is 59.4 Å². The first kappa shape index (κ1) is 16.5. The van der Waals surface area contributed by atoms with Crippen LogP contribution in [0.15, 0.2) is 48.7 Å². The summed E-state index contributed by atoms with van der Waals surface area (Å²) in [6.07, 6.45) is 3.80. The van der Waals surface area contributed by atoms with E-state index in [-0.39, 0.29) is 17.0 Å². The van der Waals surface area contributed by atoms with Crippen molar-refractivity contribution in [2.45, 2.75) is 25.3 Å². The van der Waals surface area contributed by atoms with Gasteiger partial charge >= 0.3 is 0 Å². The largest absolute Gasteiger partial charge is 0.327 e. The molecule has 1 aromatic heterocycles. The summed E-state index contributed by atoms with van der Waals surface area (Å²) in [4.78, 5) is 30.9. The Morgan fingerprint density at radius 2 is 1.96 bits per heavy atom. The number of piperidine rings is 1. The van der Waals surface area contributed by atoms with E-state index in [1.165, 1.54) is 0 Å². The number of carbonyl (C=O) groups is 2. The second-order valence-electron chi connectivity index (χ2n) is 5.69. The average molecular weight is 344 g/mol. The summed E-state index contributed by atoms with van der Waals surface area (Å²) in [7, 11) is 0. The molecule has 1 aliphatic heterocycles. The third kappa shape index (κ3) is 3.57. The highest BCUT2D eigenvalue weighted by Crippen LogP contribution is 2.28. The Bertz CT molecular complexity index is 736. The van der Waals surface area contributed by atoms with Gasteiger partial charge in [-0.2, -0.15) is 0 Å². The number of aromatic nitrogens is 1. The van der Waals surface area contributed by atoms with Gasteiger partial charge in [0.2, 0.25) is 5.91 Å². The molecule has 2 aromatic rings. The van der Waals surface area contributed by atoms with Gasteiger partial charge < -0.3 is 10.2 Å². The molecule has 1 saturated heterocycles. The van der Waals surface area contributed by atoms with Gasteiger partial charge in [-0.3, -0.25) is 9.59 Å². The topological polar surface area (TPSA) is 62.3 Å². The monoisotopic (exact) mass is 343 g/mol. The highest BCUT2D eigenvalue weighted by Gasteiger charge is 2.32. The van der Waals surface area contributed by atoms with E-state index in [1.54, 1.807) is 23.2 Å². The number of hydrogen-bond acceptors (Lipinski definition) is 3. The van der Waals surface area contributed by atoms with E-state index < -0.39 is 6.04 Å². The van der Waals surface area contributed by atoms with Gasteiger partial charge in [0.05, 0.1) is 5.69 Å². The van der Waals surface area contributed by atoms with E-state index in [4.69, 9.17) is 11.6 Å². The Labute approximate surface area is 145 Å². The first-order chi connectivity index (χ1) is 11.7. The molecule has 1 fully saturated rings. The van der Waals surface area contributed by atoms with Crippen LogP contribution in [0.3, 0.4) is 0 Å². The summed E-state index contributed by atoms with van der Waals surface area (Å²) in [5.41, 5.74) is 1.22. The van der Waals surface area contributed by atoms with Crippen LogP contribution in [0.1, 0.15) is 30.9 Å². The molecule has 2 amide bonds. The Hall–Kier alpha value is -2.40. The van der Waals surface area contributed by atoms with Gasteiger partial charge in [0.25, 0.3) is 5.91 Å². The molecule has 1 N–H and O–H groups in total. The van der Waals surface area contributed by atoms with Gasteiger partial charge in [-0.25, -0.2) is 4.98 Å². The zero-order chi connectivity index (χ0) is 16.9. The van der Waals surface area contributed by atoms with Gasteiger partial charge in [0.1, 0.15) is 6.04 Å². The third-order valence-corrected chi connectivity index (χ3v) is 4.35. The van der Waals surface area contributed by atoms with Gasteiger partial charge in [-0.05, 0) is 30.5 Å². The van der Waals surface area contributed by atoms with Crippen LogP contribution >= 0.6 is 11.6 Å². The highest BCUT2D eigenvalue weighted by atomic mass is 35.5. The van der Waals surface area contributed by atoms with Crippen LogP contribution in [0.25, 0.3) is 0 Å². The molecule has 0 saturated carbocycles. The molecule has 0 radical (unpaired) electrons. The molecule has 24 heavy (non-hydrogen) atoms. The molecule has 3 rings (SSSR count). The summed E-state index contributed by atoms with van der Waals surface area (Å²) in [6, 6.07) is 12.0. The second-order valence-corrected chi connectivity index (χ2v) is 6.05. The minimum absolute atomic E-state index is 0.00235. The molecule has 0 spiro atoms. The SMILES string of the molecule is O=C(Nc1cccnc1Cl)[C@@H](c1ccccc1)N1CCCCC1=O. The number of benzene rings is 1. The fourth-order valence-electron chi connectivity index (χ4n) is 2.89. The Balaban J connectivity index is 1.91. The van der Waals surface area contributed by atoms with Gasteiger partial charge in [0.15, 0.2) is 5.15 Å². The minimum Gasteiger partial charge on any atom is -0.327 e. The van der Waals surface area contributed by atoms with Crippen molar-refractivity contribution >= 4 is 29.1 Å². The molecule has 0 bridgehead atoms. The quantitative estimate of drug-likeness (QED) is 0.865. The number of hydrogen-bond donors (Lipinski definition) is 1. The van der Waals surface area contributed by atoms with E-state index >= 15 is 0 Å². The number of nitrogens with one attached hydrogen (secondary N) is 1. The molecular formula is C18H18ClN3O2. The maximum absolute atomic E-state index is 12.9. The number of anilines is 1. The van der Waals surface area contributed by atoms with Crippen molar-refractivity contribution in [2.24, 2.45) is 0 Å². The first-order valence-electron chi connectivity index (χ1n) is 7.92. The number of carbonyl (C=O) groups excluding carboxylic acids is 2. The predicted octanol–water partition coefficient (Wildman–Crippen LogP) is 3.43. The number of amides is 2. The summed E-state index contributed by atoms with van der Waals surface area (Å²) >= 11 is 6.03. The summed E-state index contributed by atoms with van der Waals surface area (Å²) in [6.45, 7) is 0.576. The van der Waals surface area contributed by atoms with Crippen molar-refractivity contribution in [1.82, 2.24) is 9.88 Å². The molecule has 2 heterocycles. The number of likely N-dealkylation sites (tertiary alicyclic amines) is 1. The molecule has 0 unspecified atom stereocenters. The van der Waals surface area contributed by atoms with E-state index in [0.29, 0.717) is 18.7 Å². The molecule has 1 atom stereocenters. The van der Waals surface area contributed by atoms with E-state index in [1.807, 2.05) is 30.3 Å². The lowest BCUT2D eigenvalue weighted by Gasteiger charge is -2.34. The Morgan fingerprint density at radius 3 is 2.67 bits per heavy atom. The highest BCUT2D eigenvalue weighted by molar-refractivity contribution is 6.32. The summed E-state index contributed by atoms with van der Waals surface area (Å²) in [5.74, 6) is -0.283.